The second-order valence-corrected chi connectivity index (χ2v) is 5.30. The maximum absolute atomic E-state index is 3.11. The molecule has 0 nitrogen and oxygen atoms in total. The Balaban J connectivity index is 2.61. The van der Waals surface area contributed by atoms with Crippen molar-refractivity contribution in [2.24, 2.45) is 0 Å². The van der Waals surface area contributed by atoms with Crippen LogP contribution in [0.5, 0.6) is 0 Å². The van der Waals surface area contributed by atoms with E-state index in [-0.39, 0.29) is 0 Å². The molecule has 0 amide bonds. The van der Waals surface area contributed by atoms with Gasteiger partial charge in [-0.15, -0.1) is 0 Å². The van der Waals surface area contributed by atoms with Crippen molar-refractivity contribution in [1.29, 1.82) is 0 Å². The predicted octanol–water partition coefficient (Wildman–Crippen LogP) is 1.30. The number of hydrogen-bond donors (Lipinski definition) is 0. The van der Waals surface area contributed by atoms with Crippen molar-refractivity contribution in [3.8, 4) is 0 Å². The summed E-state index contributed by atoms with van der Waals surface area (Å²) >= 11 is 0.660. The van der Waals surface area contributed by atoms with Gasteiger partial charge in [-0.05, 0) is 0 Å². The van der Waals surface area contributed by atoms with E-state index in [1.165, 1.54) is 11.9 Å². The van der Waals surface area contributed by atoms with Crippen LogP contribution in [0.25, 0.3) is 0 Å². The van der Waals surface area contributed by atoms with Crippen LogP contribution < -0.4 is 0 Å². The molecule has 1 rings (SSSR count). The van der Waals surface area contributed by atoms with Crippen molar-refractivity contribution in [1.82, 2.24) is 0 Å². The van der Waals surface area contributed by atoms with Crippen LogP contribution in [0.15, 0.2) is 6.08 Å². The second-order valence-electron chi connectivity index (χ2n) is 0.757. The van der Waals surface area contributed by atoms with Crippen LogP contribution in [0.2, 0.25) is 5.21 Å². The van der Waals surface area contributed by atoms with Gasteiger partial charge < -0.3 is 0 Å². The molecule has 0 atom stereocenters. The zero-order valence-electron chi connectivity index (χ0n) is 2.68. The molecule has 0 bridgehead atoms. The topological polar surface area (TPSA) is 0 Å². The Kier molecular flexibility index (Phi) is 1.44. The van der Waals surface area contributed by atoms with Gasteiger partial charge in [-0.1, -0.05) is 0 Å². The van der Waals surface area contributed by atoms with Crippen molar-refractivity contribution in [3.05, 3.63) is 11.9 Å². The molecule has 0 saturated heterocycles. The molecule has 1 aliphatic rings. The van der Waals surface area contributed by atoms with Gasteiger partial charge in [0.25, 0.3) is 0 Å². The fourth-order valence-electron chi connectivity index (χ4n) is 0.204. The Hall–Kier alpha value is 0.598. The van der Waals surface area contributed by atoms with Crippen molar-refractivity contribution < 1.29 is 0 Å². The first-order valence-corrected chi connectivity index (χ1v) is 6.13. The molecule has 25 valence electrons. The summed E-state index contributed by atoms with van der Waals surface area (Å²) in [7, 11) is 0. The maximum atomic E-state index is 3.11. The van der Waals surface area contributed by atoms with Crippen molar-refractivity contribution in [3.63, 3.8) is 0 Å². The molecule has 1 radical (unpaired) electrons. The Bertz CT molecular complexity index is 65.0. The standard InChI is InChI=1S/C3H3AsP/c1-2-4-5-3-1/h1H,2H2. The van der Waals surface area contributed by atoms with Crippen LogP contribution in [0.4, 0.5) is 0 Å². The van der Waals surface area contributed by atoms with Crippen molar-refractivity contribution >= 4 is 21.5 Å². The summed E-state index contributed by atoms with van der Waals surface area (Å²) in [5.74, 6) is 3.11. The van der Waals surface area contributed by atoms with Crippen LogP contribution in [-0.2, 0) is 0 Å². The molecule has 0 unspecified atom stereocenters. The van der Waals surface area contributed by atoms with Gasteiger partial charge in [-0.25, -0.2) is 0 Å². The van der Waals surface area contributed by atoms with Crippen LogP contribution in [0.1, 0.15) is 0 Å². The predicted molar refractivity (Wildman–Crippen MR) is 25.3 cm³/mol. The molecule has 0 aromatic heterocycles. The van der Waals surface area contributed by atoms with Gasteiger partial charge in [0.1, 0.15) is 0 Å². The van der Waals surface area contributed by atoms with E-state index in [0.29, 0.717) is 14.8 Å². The third-order valence-electron chi connectivity index (χ3n) is 0.393. The monoisotopic (exact) mass is 145 g/mol. The molecular formula is C3H3AsP. The molecule has 0 spiro atoms. The molecule has 5 heavy (non-hydrogen) atoms. The summed E-state index contributed by atoms with van der Waals surface area (Å²) in [6.45, 7) is 1.48. The van der Waals surface area contributed by atoms with Gasteiger partial charge in [0.15, 0.2) is 0 Å². The van der Waals surface area contributed by atoms with Gasteiger partial charge in [-0.2, -0.15) is 0 Å². The summed E-state index contributed by atoms with van der Waals surface area (Å²) in [4.78, 5) is 0. The Morgan fingerprint density at radius 1 is 2.00 bits per heavy atom. The number of rotatable bonds is 0. The molecule has 0 fully saturated rings. The van der Waals surface area contributed by atoms with E-state index in [1.807, 2.05) is 0 Å². The van der Waals surface area contributed by atoms with Gasteiger partial charge in [-0.3, -0.25) is 0 Å². The van der Waals surface area contributed by atoms with E-state index in [1.54, 1.807) is 0 Å². The third-order valence-corrected chi connectivity index (χ3v) is 4.02. The zero-order valence-corrected chi connectivity index (χ0v) is 5.45. The van der Waals surface area contributed by atoms with Gasteiger partial charge in [0.05, 0.1) is 0 Å². The molecule has 0 aliphatic carbocycles. The number of allylic oxidation sites excluding steroid dienone is 1. The normalized spacial score (nSPS) is 24.0. The Morgan fingerprint density at radius 2 is 3.00 bits per heavy atom. The third kappa shape index (κ3) is 0.991. The summed E-state index contributed by atoms with van der Waals surface area (Å²) < 4.78 is 0. The van der Waals surface area contributed by atoms with E-state index in [0.717, 1.165) is 0 Å². The average molecular weight is 145 g/mol. The Morgan fingerprint density at radius 3 is 3.20 bits per heavy atom. The first-order chi connectivity index (χ1) is 2.50. The van der Waals surface area contributed by atoms with E-state index in [9.17, 15) is 0 Å². The van der Waals surface area contributed by atoms with Crippen LogP contribution >= 0.6 is 6.69 Å². The zero-order chi connectivity index (χ0) is 3.54. The van der Waals surface area contributed by atoms with Gasteiger partial charge >= 0.3 is 38.6 Å². The van der Waals surface area contributed by atoms with Gasteiger partial charge in [0, 0.05) is 0 Å². The van der Waals surface area contributed by atoms with Crippen molar-refractivity contribution in [2.75, 3.05) is 0 Å². The summed E-state index contributed by atoms with van der Waals surface area (Å²) in [6.07, 6.45) is 2.14. The van der Waals surface area contributed by atoms with E-state index in [4.69, 9.17) is 0 Å². The average Bonchev–Trinajstić information content (AvgIpc) is 1.76. The molecule has 1 heterocycles. The quantitative estimate of drug-likeness (QED) is 0.356. The van der Waals surface area contributed by atoms with E-state index < -0.39 is 0 Å². The molecule has 0 aromatic rings. The molecule has 0 saturated carbocycles. The first-order valence-electron chi connectivity index (χ1n) is 1.44. The minimum absolute atomic E-state index is 0.660. The van der Waals surface area contributed by atoms with Crippen molar-refractivity contribution in [2.45, 2.75) is 5.21 Å². The van der Waals surface area contributed by atoms with E-state index in [2.05, 4.69) is 11.9 Å². The van der Waals surface area contributed by atoms with Crippen LogP contribution in [0.3, 0.4) is 0 Å². The fraction of sp³-hybridized carbons (Fsp3) is 0.333. The minimum atomic E-state index is 0.660. The van der Waals surface area contributed by atoms with Gasteiger partial charge in [0.2, 0.25) is 0 Å². The summed E-state index contributed by atoms with van der Waals surface area (Å²) in [6, 6.07) is 0. The second kappa shape index (κ2) is 1.90. The number of hydrogen-bond acceptors (Lipinski definition) is 0. The molecular weight excluding hydrogens is 142 g/mol. The summed E-state index contributed by atoms with van der Waals surface area (Å²) in [5.41, 5.74) is 0. The van der Waals surface area contributed by atoms with E-state index >= 15 is 0 Å². The molecule has 1 aliphatic heterocycles. The van der Waals surface area contributed by atoms with Crippen LogP contribution in [-0.4, -0.2) is 14.8 Å². The first kappa shape index (κ1) is 3.78. The Labute approximate surface area is 39.1 Å². The molecule has 0 aromatic carbocycles. The summed E-state index contributed by atoms with van der Waals surface area (Å²) in [5, 5.41) is 1.35. The van der Waals surface area contributed by atoms with Crippen LogP contribution in [0, 0.1) is 5.82 Å². The molecule has 2 heteroatoms. The molecule has 0 N–H and O–H groups in total. The fourth-order valence-corrected chi connectivity index (χ4v) is 3.18. The SMILES string of the molecule is [C]1=CC[As]=P1.